The minimum absolute atomic E-state index is 0.576. The third kappa shape index (κ3) is 2.70. The Kier molecular flexibility index (Phi) is 3.93. The van der Waals surface area contributed by atoms with Gasteiger partial charge in [-0.2, -0.15) is 13.2 Å². The monoisotopic (exact) mass is 198 g/mol. The van der Waals surface area contributed by atoms with Gasteiger partial charge >= 0.3 is 6.18 Å². The van der Waals surface area contributed by atoms with Gasteiger partial charge in [0.2, 0.25) is 5.60 Å². The van der Waals surface area contributed by atoms with E-state index in [1.54, 1.807) is 0 Å². The molecule has 13 heavy (non-hydrogen) atoms. The van der Waals surface area contributed by atoms with E-state index >= 15 is 0 Å². The summed E-state index contributed by atoms with van der Waals surface area (Å²) in [6.45, 7) is 4.78. The highest BCUT2D eigenvalue weighted by Crippen LogP contribution is 2.35. The van der Waals surface area contributed by atoms with E-state index in [1.807, 2.05) is 0 Å². The van der Waals surface area contributed by atoms with Crippen LogP contribution in [0.1, 0.15) is 13.8 Å². The predicted molar refractivity (Wildman–Crippen MR) is 42.3 cm³/mol. The van der Waals surface area contributed by atoms with Crippen molar-refractivity contribution in [2.24, 2.45) is 0 Å². The lowest BCUT2D eigenvalue weighted by Crippen LogP contribution is -2.50. The van der Waals surface area contributed by atoms with Crippen molar-refractivity contribution in [2.75, 3.05) is 6.61 Å². The maximum absolute atomic E-state index is 12.4. The highest BCUT2D eigenvalue weighted by molar-refractivity contribution is 5.03. The summed E-state index contributed by atoms with van der Waals surface area (Å²) in [5.41, 5.74) is -2.64. The molecule has 0 fully saturated rings. The second-order valence-electron chi connectivity index (χ2n) is 2.92. The van der Waals surface area contributed by atoms with Crippen LogP contribution < -0.4 is 0 Å². The van der Waals surface area contributed by atoms with Crippen LogP contribution >= 0.6 is 0 Å². The number of aliphatic hydroxyl groups is 1. The summed E-state index contributed by atoms with van der Waals surface area (Å²) >= 11 is 0. The molecule has 0 aliphatic rings. The molecule has 0 aromatic heterocycles. The lowest BCUT2D eigenvalue weighted by Gasteiger charge is -2.32. The van der Waals surface area contributed by atoms with Crippen LogP contribution in [0.25, 0.3) is 0 Å². The lowest BCUT2D eigenvalue weighted by atomic mass is 10.1. The largest absolute Gasteiger partial charge is 0.423 e. The first-order chi connectivity index (χ1) is 5.79. The first-order valence-corrected chi connectivity index (χ1v) is 3.78. The Labute approximate surface area is 75.0 Å². The Bertz CT molecular complexity index is 177. The van der Waals surface area contributed by atoms with Crippen molar-refractivity contribution in [2.45, 2.75) is 31.7 Å². The number of alkyl halides is 3. The molecule has 1 atom stereocenters. The van der Waals surface area contributed by atoms with Gasteiger partial charge < -0.3 is 9.84 Å². The van der Waals surface area contributed by atoms with Crippen molar-refractivity contribution in [1.82, 2.24) is 0 Å². The van der Waals surface area contributed by atoms with Crippen molar-refractivity contribution in [1.29, 1.82) is 0 Å². The maximum Gasteiger partial charge on any atom is 0.423 e. The average molecular weight is 198 g/mol. The number of ether oxygens (including phenoxy) is 1. The Morgan fingerprint density at radius 1 is 1.46 bits per heavy atom. The molecule has 0 spiro atoms. The van der Waals surface area contributed by atoms with Crippen molar-refractivity contribution < 1.29 is 23.0 Å². The molecule has 2 nitrogen and oxygen atoms in total. The molecule has 0 aliphatic carbocycles. The van der Waals surface area contributed by atoms with Gasteiger partial charge in [-0.1, -0.05) is 6.58 Å². The molecule has 5 heteroatoms. The summed E-state index contributed by atoms with van der Waals surface area (Å²) in [6.07, 6.45) is -4.70. The minimum atomic E-state index is -4.65. The molecule has 0 saturated heterocycles. The van der Waals surface area contributed by atoms with Crippen molar-refractivity contribution in [3.05, 3.63) is 12.7 Å². The molecular weight excluding hydrogens is 185 g/mol. The zero-order valence-corrected chi connectivity index (χ0v) is 7.56. The van der Waals surface area contributed by atoms with Gasteiger partial charge in [0.1, 0.15) is 0 Å². The highest BCUT2D eigenvalue weighted by Gasteiger charge is 2.54. The predicted octanol–water partition coefficient (Wildman–Crippen LogP) is 1.89. The second kappa shape index (κ2) is 4.11. The summed E-state index contributed by atoms with van der Waals surface area (Å²) in [4.78, 5) is 0. The van der Waals surface area contributed by atoms with Crippen LogP contribution in [-0.4, -0.2) is 29.6 Å². The molecule has 0 heterocycles. The van der Waals surface area contributed by atoms with E-state index < -0.39 is 24.5 Å². The molecule has 0 amide bonds. The van der Waals surface area contributed by atoms with E-state index in [-0.39, 0.29) is 0 Å². The van der Waals surface area contributed by atoms with Gasteiger partial charge in [-0.05, 0) is 19.9 Å². The highest BCUT2D eigenvalue weighted by atomic mass is 19.4. The number of halogens is 3. The van der Waals surface area contributed by atoms with Gasteiger partial charge in [0, 0.05) is 0 Å². The van der Waals surface area contributed by atoms with E-state index in [0.717, 1.165) is 0 Å². The fourth-order valence-corrected chi connectivity index (χ4v) is 0.843. The van der Waals surface area contributed by atoms with Gasteiger partial charge in [0.25, 0.3) is 0 Å². The van der Waals surface area contributed by atoms with Crippen LogP contribution in [0, 0.1) is 0 Å². The summed E-state index contributed by atoms with van der Waals surface area (Å²) < 4.78 is 41.7. The van der Waals surface area contributed by atoms with Crippen LogP contribution in [0.5, 0.6) is 0 Å². The summed E-state index contributed by atoms with van der Waals surface area (Å²) in [5.74, 6) is 0. The second-order valence-corrected chi connectivity index (χ2v) is 2.92. The standard InChI is InChI=1S/C8H13F3O2/c1-4-7(5-12,8(9,10)11)13-6(2)3/h4,6,12H,1,5H2,2-3H3. The van der Waals surface area contributed by atoms with Crippen LogP contribution in [0.15, 0.2) is 12.7 Å². The Morgan fingerprint density at radius 2 is 1.92 bits per heavy atom. The van der Waals surface area contributed by atoms with Crippen molar-refractivity contribution in [3.8, 4) is 0 Å². The number of aliphatic hydroxyl groups excluding tert-OH is 1. The third-order valence-corrected chi connectivity index (χ3v) is 1.49. The van der Waals surface area contributed by atoms with Gasteiger partial charge in [-0.3, -0.25) is 0 Å². The summed E-state index contributed by atoms with van der Waals surface area (Å²) in [7, 11) is 0. The third-order valence-electron chi connectivity index (χ3n) is 1.49. The first kappa shape index (κ1) is 12.4. The van der Waals surface area contributed by atoms with Crippen LogP contribution in [0.4, 0.5) is 13.2 Å². The molecule has 0 aromatic rings. The number of hydrogen-bond acceptors (Lipinski definition) is 2. The molecule has 0 aliphatic heterocycles. The molecule has 0 bridgehead atoms. The fraction of sp³-hybridized carbons (Fsp3) is 0.750. The molecule has 0 aromatic carbocycles. The molecule has 78 valence electrons. The summed E-state index contributed by atoms with van der Waals surface area (Å²) in [5, 5.41) is 8.64. The van der Waals surface area contributed by atoms with E-state index in [9.17, 15) is 13.2 Å². The average Bonchev–Trinajstić information content (AvgIpc) is 1.97. The summed E-state index contributed by atoms with van der Waals surface area (Å²) in [6, 6.07) is 0. The molecule has 1 unspecified atom stereocenters. The van der Waals surface area contributed by atoms with Gasteiger partial charge in [0.15, 0.2) is 0 Å². The van der Waals surface area contributed by atoms with Crippen LogP contribution in [0.3, 0.4) is 0 Å². The van der Waals surface area contributed by atoms with Gasteiger partial charge in [-0.15, -0.1) is 0 Å². The van der Waals surface area contributed by atoms with E-state index in [2.05, 4.69) is 11.3 Å². The molecule has 1 N–H and O–H groups in total. The van der Waals surface area contributed by atoms with Crippen LogP contribution in [-0.2, 0) is 4.74 Å². The van der Waals surface area contributed by atoms with Crippen LogP contribution in [0.2, 0.25) is 0 Å². The Morgan fingerprint density at radius 3 is 2.00 bits per heavy atom. The molecule has 0 rings (SSSR count). The first-order valence-electron chi connectivity index (χ1n) is 3.78. The smallest absolute Gasteiger partial charge is 0.393 e. The van der Waals surface area contributed by atoms with E-state index in [0.29, 0.717) is 6.08 Å². The minimum Gasteiger partial charge on any atom is -0.393 e. The maximum atomic E-state index is 12.4. The molecule has 0 saturated carbocycles. The zero-order valence-electron chi connectivity index (χ0n) is 7.56. The van der Waals surface area contributed by atoms with E-state index in [1.165, 1.54) is 13.8 Å². The quantitative estimate of drug-likeness (QED) is 0.699. The van der Waals surface area contributed by atoms with Gasteiger partial charge in [-0.25, -0.2) is 0 Å². The molecular formula is C8H13F3O2. The fourth-order valence-electron chi connectivity index (χ4n) is 0.843. The van der Waals surface area contributed by atoms with E-state index in [4.69, 9.17) is 5.11 Å². The SMILES string of the molecule is C=CC(CO)(OC(C)C)C(F)(F)F. The lowest BCUT2D eigenvalue weighted by molar-refractivity contribution is -0.277. The van der Waals surface area contributed by atoms with Crippen molar-refractivity contribution >= 4 is 0 Å². The number of hydrogen-bond donors (Lipinski definition) is 1. The van der Waals surface area contributed by atoms with Crippen molar-refractivity contribution in [3.63, 3.8) is 0 Å². The Balaban J connectivity index is 4.81. The number of rotatable bonds is 4. The van der Waals surface area contributed by atoms with Gasteiger partial charge in [0.05, 0.1) is 12.7 Å². The zero-order chi connectivity index (χ0) is 10.7. The normalized spacial score (nSPS) is 17.2. The topological polar surface area (TPSA) is 29.5 Å². The Hall–Kier alpha value is -0.550. The molecule has 0 radical (unpaired) electrons.